The third-order valence-corrected chi connectivity index (χ3v) is 8.93. The molecule has 0 aliphatic rings. The Morgan fingerprint density at radius 1 is 1.15 bits per heavy atom. The lowest BCUT2D eigenvalue weighted by Gasteiger charge is -2.22. The molecule has 0 saturated carbocycles. The van der Waals surface area contributed by atoms with Gasteiger partial charge in [0.25, 0.3) is 5.56 Å². The van der Waals surface area contributed by atoms with Crippen molar-refractivity contribution in [3.63, 3.8) is 0 Å². The fourth-order valence-electron chi connectivity index (χ4n) is 3.88. The van der Waals surface area contributed by atoms with Crippen molar-refractivity contribution in [2.24, 2.45) is 7.05 Å². The van der Waals surface area contributed by atoms with E-state index in [1.807, 2.05) is 6.92 Å². The Morgan fingerprint density at radius 2 is 1.82 bits per heavy atom. The van der Waals surface area contributed by atoms with Gasteiger partial charge in [-0.3, -0.25) is 14.3 Å². The van der Waals surface area contributed by atoms with Crippen LogP contribution in [0.15, 0.2) is 53.5 Å². The molecule has 1 heterocycles. The zero-order valence-electron chi connectivity index (χ0n) is 22.1. The third-order valence-electron chi connectivity index (χ3n) is 6.11. The average molecular weight is 596 g/mol. The minimum absolute atomic E-state index is 0.0477. The minimum atomic E-state index is -3.85. The van der Waals surface area contributed by atoms with E-state index < -0.39 is 39.0 Å². The first-order chi connectivity index (χ1) is 18.4. The van der Waals surface area contributed by atoms with Crippen LogP contribution in [0.1, 0.15) is 61.1 Å². The van der Waals surface area contributed by atoms with Gasteiger partial charge in [-0.05, 0) is 67.8 Å². The first-order valence-corrected chi connectivity index (χ1v) is 15.7. The number of ketones is 1. The Hall–Kier alpha value is -2.70. The molecule has 0 bridgehead atoms. The highest BCUT2D eigenvalue weighted by Crippen LogP contribution is 2.35. The maximum absolute atomic E-state index is 15.2. The standard InChI is InChI=1S/C27H31ClFN3O5S2/c1-5-7-12-38(35)30-17(3)20-15-26(33)32(4)16-23(20)21-14-25(31-39(36,37)6-2)24(29)13-22(21)27(34)18-8-10-19(28)11-9-18/h8-11,13-17,30-31H,5-7,12H2,1-4H3/t17-,38-/m0/s1. The molecule has 0 aliphatic carbocycles. The first kappa shape index (κ1) is 30.8. The van der Waals surface area contributed by atoms with E-state index in [4.69, 9.17) is 11.6 Å². The summed E-state index contributed by atoms with van der Waals surface area (Å²) in [4.78, 5) is 26.2. The van der Waals surface area contributed by atoms with Gasteiger partial charge in [0, 0.05) is 52.4 Å². The molecular weight excluding hydrogens is 565 g/mol. The summed E-state index contributed by atoms with van der Waals surface area (Å²) >= 11 is 4.59. The molecule has 8 nitrogen and oxygen atoms in total. The monoisotopic (exact) mass is 595 g/mol. The van der Waals surface area contributed by atoms with Gasteiger partial charge in [-0.25, -0.2) is 12.8 Å². The van der Waals surface area contributed by atoms with Crippen molar-refractivity contribution in [3.8, 4) is 11.1 Å². The van der Waals surface area contributed by atoms with Gasteiger partial charge in [0.1, 0.15) is 11.6 Å². The number of carbonyl (C=O) groups excluding carboxylic acids is 1. The molecule has 0 radical (unpaired) electrons. The van der Waals surface area contributed by atoms with Gasteiger partial charge in [-0.15, -0.1) is 4.72 Å². The molecule has 0 aliphatic heterocycles. The maximum atomic E-state index is 15.2. The first-order valence-electron chi connectivity index (χ1n) is 12.4. The van der Waals surface area contributed by atoms with Gasteiger partial charge in [-0.2, -0.15) is 0 Å². The number of hydrogen-bond donors (Lipinski definition) is 2. The van der Waals surface area contributed by atoms with Crippen LogP contribution in [0.5, 0.6) is 0 Å². The fraction of sp³-hybridized carbons (Fsp3) is 0.333. The van der Waals surface area contributed by atoms with Crippen LogP contribution in [0.2, 0.25) is 5.02 Å². The Balaban J connectivity index is 2.26. The molecule has 0 unspecified atom stereocenters. The number of carbonyl (C=O) groups is 1. The zero-order chi connectivity index (χ0) is 28.9. The van der Waals surface area contributed by atoms with Crippen molar-refractivity contribution in [1.82, 2.24) is 9.29 Å². The number of pyridine rings is 1. The van der Waals surface area contributed by atoms with E-state index in [1.165, 1.54) is 61.1 Å². The molecule has 39 heavy (non-hydrogen) atoms. The summed E-state index contributed by atoms with van der Waals surface area (Å²) in [6.07, 6.45) is 3.10. The molecule has 0 amide bonds. The normalized spacial score (nSPS) is 13.2. The Kier molecular flexibility index (Phi) is 10.4. The summed E-state index contributed by atoms with van der Waals surface area (Å²) in [6.45, 7) is 5.13. The topological polar surface area (TPSA) is 120 Å². The van der Waals surface area contributed by atoms with Crippen molar-refractivity contribution in [1.29, 1.82) is 0 Å². The Bertz CT molecular complexity index is 1510. The second-order valence-electron chi connectivity index (χ2n) is 9.05. The Labute approximate surface area is 236 Å². The average Bonchev–Trinajstić information content (AvgIpc) is 2.89. The molecule has 1 aromatic heterocycles. The van der Waals surface area contributed by atoms with Gasteiger partial charge >= 0.3 is 0 Å². The van der Waals surface area contributed by atoms with Crippen LogP contribution in [-0.2, 0) is 28.4 Å². The van der Waals surface area contributed by atoms with Crippen LogP contribution >= 0.6 is 11.6 Å². The lowest BCUT2D eigenvalue weighted by atomic mass is 9.90. The number of rotatable bonds is 12. The second-order valence-corrected chi connectivity index (χ2v) is 12.8. The van der Waals surface area contributed by atoms with E-state index in [9.17, 15) is 22.6 Å². The molecule has 3 aromatic rings. The molecule has 0 spiro atoms. The summed E-state index contributed by atoms with van der Waals surface area (Å²) in [5.74, 6) is -1.34. The van der Waals surface area contributed by atoms with Crippen molar-refractivity contribution in [3.05, 3.63) is 86.5 Å². The molecule has 2 atom stereocenters. The van der Waals surface area contributed by atoms with Crippen LogP contribution < -0.4 is 15.0 Å². The molecule has 2 aromatic carbocycles. The van der Waals surface area contributed by atoms with Crippen molar-refractivity contribution in [2.45, 2.75) is 39.7 Å². The van der Waals surface area contributed by atoms with Gasteiger partial charge < -0.3 is 9.12 Å². The third kappa shape index (κ3) is 7.70. The summed E-state index contributed by atoms with van der Waals surface area (Å²) in [7, 11) is -2.32. The highest BCUT2D eigenvalue weighted by Gasteiger charge is 2.25. The number of aromatic nitrogens is 1. The lowest BCUT2D eigenvalue weighted by Crippen LogP contribution is -2.31. The number of nitrogens with one attached hydrogen (secondary N) is 2. The molecule has 2 N–H and O–H groups in total. The molecule has 210 valence electrons. The van der Waals surface area contributed by atoms with Crippen LogP contribution in [0.25, 0.3) is 11.1 Å². The predicted molar refractivity (Wildman–Crippen MR) is 155 cm³/mol. The van der Waals surface area contributed by atoms with Crippen molar-refractivity contribution >= 4 is 44.5 Å². The smallest absolute Gasteiger partial charge is 0.250 e. The lowest BCUT2D eigenvalue weighted by molar-refractivity contribution is 0.103. The molecule has 12 heteroatoms. The summed E-state index contributed by atoms with van der Waals surface area (Å²) in [5.41, 5.74) is 0.494. The van der Waals surface area contributed by atoms with E-state index >= 15 is 4.39 Å². The van der Waals surface area contributed by atoms with E-state index in [0.717, 1.165) is 18.9 Å². The number of benzene rings is 2. The number of anilines is 1. The quantitative estimate of drug-likeness (QED) is 0.226. The van der Waals surface area contributed by atoms with Crippen LogP contribution in [0.4, 0.5) is 10.1 Å². The van der Waals surface area contributed by atoms with E-state index in [1.54, 1.807) is 6.92 Å². The van der Waals surface area contributed by atoms with Crippen molar-refractivity contribution < 1.29 is 22.2 Å². The van der Waals surface area contributed by atoms with Crippen LogP contribution in [0.3, 0.4) is 0 Å². The highest BCUT2D eigenvalue weighted by molar-refractivity contribution is 7.92. The highest BCUT2D eigenvalue weighted by atomic mass is 35.5. The predicted octanol–water partition coefficient (Wildman–Crippen LogP) is 4.95. The number of nitrogens with zero attached hydrogens (tertiary/aromatic N) is 1. The zero-order valence-corrected chi connectivity index (χ0v) is 24.5. The molecule has 0 saturated heterocycles. The van der Waals surface area contributed by atoms with Gasteiger partial charge in [-0.1, -0.05) is 24.9 Å². The van der Waals surface area contributed by atoms with Crippen LogP contribution in [-0.4, -0.2) is 34.8 Å². The van der Waals surface area contributed by atoms with Gasteiger partial charge in [0.05, 0.1) is 17.5 Å². The SMILES string of the molecule is CCCC[S@+]([O-])N[C@@H](C)c1cc(=O)n(C)cc1-c1cc(NS(=O)(=O)CC)c(F)cc1C(=O)c1ccc(Cl)cc1. The van der Waals surface area contributed by atoms with Crippen LogP contribution in [0, 0.1) is 5.82 Å². The van der Waals surface area contributed by atoms with Crippen molar-refractivity contribution in [2.75, 3.05) is 16.2 Å². The number of sulfonamides is 1. The number of unbranched alkanes of at least 4 members (excludes halogenated alkanes) is 1. The second kappa shape index (κ2) is 13.1. The summed E-state index contributed by atoms with van der Waals surface area (Å²) < 4.78 is 58.9. The van der Waals surface area contributed by atoms with Gasteiger partial charge in [0.2, 0.25) is 10.0 Å². The largest absolute Gasteiger partial charge is 0.598 e. The number of halogens is 2. The molecule has 3 rings (SSSR count). The maximum Gasteiger partial charge on any atom is 0.250 e. The minimum Gasteiger partial charge on any atom is -0.598 e. The molecule has 0 fully saturated rings. The fourth-order valence-corrected chi connectivity index (χ4v) is 5.83. The summed E-state index contributed by atoms with van der Waals surface area (Å²) in [5, 5.41) is 0.415. The van der Waals surface area contributed by atoms with E-state index in [-0.39, 0.29) is 33.7 Å². The van der Waals surface area contributed by atoms with Gasteiger partial charge in [0.15, 0.2) is 5.78 Å². The number of hydrogen-bond acceptors (Lipinski definition) is 6. The van der Waals surface area contributed by atoms with E-state index in [0.29, 0.717) is 21.9 Å². The number of aryl methyl sites for hydroxylation is 1. The van der Waals surface area contributed by atoms with E-state index in [2.05, 4.69) is 9.44 Å². The summed E-state index contributed by atoms with van der Waals surface area (Å²) in [6, 6.07) is 9.06. The Morgan fingerprint density at radius 3 is 2.44 bits per heavy atom. The molecular formula is C27H31ClFN3O5S2.